The zero-order chi connectivity index (χ0) is 16.1. The normalized spacial score (nSPS) is 17.8. The van der Waals surface area contributed by atoms with Gasteiger partial charge >= 0.3 is 0 Å². The Morgan fingerprint density at radius 2 is 2.13 bits per heavy atom. The fraction of sp³-hybridized carbons (Fsp3) is 0.375. The predicted molar refractivity (Wildman–Crippen MR) is 86.0 cm³/mol. The molecule has 122 valence electrons. The first-order valence-corrected chi connectivity index (χ1v) is 7.58. The largest absolute Gasteiger partial charge is 0.491 e. The molecule has 1 N–H and O–H groups in total. The van der Waals surface area contributed by atoms with Crippen molar-refractivity contribution in [3.63, 3.8) is 0 Å². The summed E-state index contributed by atoms with van der Waals surface area (Å²) in [6.45, 7) is 3.70. The van der Waals surface area contributed by atoms with Crippen molar-refractivity contribution in [3.05, 3.63) is 36.7 Å². The number of morpholine rings is 1. The van der Waals surface area contributed by atoms with Gasteiger partial charge in [-0.05, 0) is 19.1 Å². The van der Waals surface area contributed by atoms with Gasteiger partial charge in [0, 0.05) is 6.54 Å². The molecule has 6 nitrogen and oxygen atoms in total. The van der Waals surface area contributed by atoms with E-state index in [0.717, 1.165) is 11.4 Å². The van der Waals surface area contributed by atoms with Crippen molar-refractivity contribution < 1.29 is 13.9 Å². The first-order valence-electron chi connectivity index (χ1n) is 7.58. The summed E-state index contributed by atoms with van der Waals surface area (Å²) < 4.78 is 23.8. The quantitative estimate of drug-likeness (QED) is 0.915. The van der Waals surface area contributed by atoms with Crippen LogP contribution in [0.5, 0.6) is 5.75 Å². The van der Waals surface area contributed by atoms with E-state index in [0.29, 0.717) is 31.5 Å². The van der Waals surface area contributed by atoms with Crippen molar-refractivity contribution in [3.8, 4) is 5.75 Å². The van der Waals surface area contributed by atoms with Gasteiger partial charge in [0.25, 0.3) is 0 Å². The summed E-state index contributed by atoms with van der Waals surface area (Å²) in [4.78, 5) is 10.4. The van der Waals surface area contributed by atoms with Crippen LogP contribution in [-0.2, 0) is 4.74 Å². The lowest BCUT2D eigenvalue weighted by molar-refractivity contribution is -0.0464. The number of benzene rings is 1. The van der Waals surface area contributed by atoms with E-state index >= 15 is 0 Å². The Hall–Kier alpha value is -2.41. The minimum Gasteiger partial charge on any atom is -0.491 e. The number of hydrogen-bond donors (Lipinski definition) is 1. The van der Waals surface area contributed by atoms with Crippen LogP contribution >= 0.6 is 0 Å². The Labute approximate surface area is 134 Å². The summed E-state index contributed by atoms with van der Waals surface area (Å²) in [5.74, 6) is 1.09. The smallest absolute Gasteiger partial charge is 0.227 e. The van der Waals surface area contributed by atoms with E-state index in [1.807, 2.05) is 36.1 Å². The van der Waals surface area contributed by atoms with Crippen LogP contribution in [0.15, 0.2) is 36.7 Å². The maximum atomic E-state index is 13.5. The first-order chi connectivity index (χ1) is 11.3. The molecule has 2 aromatic rings. The van der Waals surface area contributed by atoms with Crippen LogP contribution in [0.3, 0.4) is 0 Å². The highest BCUT2D eigenvalue weighted by atomic mass is 19.1. The minimum atomic E-state index is -1.27. The molecule has 0 spiro atoms. The van der Waals surface area contributed by atoms with Gasteiger partial charge in [-0.2, -0.15) is 0 Å². The van der Waals surface area contributed by atoms with E-state index < -0.39 is 6.36 Å². The first kappa shape index (κ1) is 15.5. The Morgan fingerprint density at radius 1 is 1.35 bits per heavy atom. The second-order valence-corrected chi connectivity index (χ2v) is 5.04. The summed E-state index contributed by atoms with van der Waals surface area (Å²) in [5.41, 5.74) is 1.72. The van der Waals surface area contributed by atoms with Crippen LogP contribution in [0.2, 0.25) is 0 Å². The summed E-state index contributed by atoms with van der Waals surface area (Å²) in [7, 11) is 0. The maximum Gasteiger partial charge on any atom is 0.227 e. The van der Waals surface area contributed by atoms with Crippen molar-refractivity contribution in [1.82, 2.24) is 9.97 Å². The predicted octanol–water partition coefficient (Wildman–Crippen LogP) is 2.75. The Kier molecular flexibility index (Phi) is 4.87. The second kappa shape index (κ2) is 7.23. The number of ether oxygens (including phenoxy) is 2. The van der Waals surface area contributed by atoms with Gasteiger partial charge in [-0.15, -0.1) is 0 Å². The molecule has 1 aliphatic heterocycles. The van der Waals surface area contributed by atoms with E-state index in [1.165, 1.54) is 0 Å². The van der Waals surface area contributed by atoms with Crippen molar-refractivity contribution in [1.29, 1.82) is 0 Å². The van der Waals surface area contributed by atoms with E-state index in [-0.39, 0.29) is 6.54 Å². The number of rotatable bonds is 5. The van der Waals surface area contributed by atoms with Crippen LogP contribution in [0, 0.1) is 0 Å². The summed E-state index contributed by atoms with van der Waals surface area (Å²) in [6.07, 6.45) is 1.97. The molecular weight excluding hydrogens is 299 g/mol. The van der Waals surface area contributed by atoms with Crippen LogP contribution in [0.25, 0.3) is 0 Å². The maximum absolute atomic E-state index is 13.5. The van der Waals surface area contributed by atoms with Crippen molar-refractivity contribution >= 4 is 17.3 Å². The number of alkyl halides is 1. The zero-order valence-corrected chi connectivity index (χ0v) is 12.9. The zero-order valence-electron chi connectivity index (χ0n) is 12.9. The molecular formula is C16H19FN4O2. The number of hydrogen-bond acceptors (Lipinski definition) is 6. The third-order valence-electron chi connectivity index (χ3n) is 3.45. The van der Waals surface area contributed by atoms with E-state index in [4.69, 9.17) is 9.47 Å². The van der Waals surface area contributed by atoms with Crippen molar-refractivity contribution in [2.45, 2.75) is 13.3 Å². The highest BCUT2D eigenvalue weighted by molar-refractivity contribution is 5.73. The van der Waals surface area contributed by atoms with Crippen molar-refractivity contribution in [2.75, 3.05) is 36.5 Å². The lowest BCUT2D eigenvalue weighted by Gasteiger charge is -2.32. The molecule has 1 saturated heterocycles. The molecule has 1 aromatic carbocycles. The molecule has 1 fully saturated rings. The summed E-state index contributed by atoms with van der Waals surface area (Å²) in [6, 6.07) is 7.68. The lowest BCUT2D eigenvalue weighted by atomic mass is 10.2. The molecule has 7 heteroatoms. The van der Waals surface area contributed by atoms with Crippen LogP contribution < -0.4 is 15.0 Å². The fourth-order valence-electron chi connectivity index (χ4n) is 2.42. The average molecular weight is 318 g/mol. The van der Waals surface area contributed by atoms with Crippen LogP contribution in [-0.4, -0.2) is 42.6 Å². The third-order valence-corrected chi connectivity index (χ3v) is 3.45. The summed E-state index contributed by atoms with van der Waals surface area (Å²) >= 11 is 0. The Balaban J connectivity index is 1.77. The lowest BCUT2D eigenvalue weighted by Crippen LogP contribution is -2.40. The van der Waals surface area contributed by atoms with Crippen molar-refractivity contribution in [2.24, 2.45) is 0 Å². The van der Waals surface area contributed by atoms with Gasteiger partial charge in [-0.25, -0.2) is 14.4 Å². The standard InChI is InChI=1S/C16H19FN4O2/c1-2-22-12-9-18-16(19-10-12)20-13-5-3-4-6-14(13)21-7-8-23-15(17)11-21/h3-6,9-10,15H,2,7-8,11H2,1H3,(H,18,19,20). The Bertz CT molecular complexity index is 638. The molecule has 0 amide bonds. The topological polar surface area (TPSA) is 59.5 Å². The average Bonchev–Trinajstić information content (AvgIpc) is 2.57. The highest BCUT2D eigenvalue weighted by Gasteiger charge is 2.21. The molecule has 1 aromatic heterocycles. The van der Waals surface area contributed by atoms with Gasteiger partial charge in [0.05, 0.1) is 43.5 Å². The van der Waals surface area contributed by atoms with Gasteiger partial charge in [-0.3, -0.25) is 0 Å². The van der Waals surface area contributed by atoms with Gasteiger partial charge in [0.1, 0.15) is 0 Å². The van der Waals surface area contributed by atoms with Gasteiger partial charge in [-0.1, -0.05) is 12.1 Å². The number of aromatic nitrogens is 2. The van der Waals surface area contributed by atoms with Crippen LogP contribution in [0.1, 0.15) is 6.92 Å². The molecule has 0 bridgehead atoms. The van der Waals surface area contributed by atoms with Gasteiger partial charge in [0.15, 0.2) is 5.75 Å². The molecule has 1 aliphatic rings. The molecule has 3 rings (SSSR count). The number of anilines is 3. The van der Waals surface area contributed by atoms with E-state index in [2.05, 4.69) is 15.3 Å². The van der Waals surface area contributed by atoms with Crippen LogP contribution in [0.4, 0.5) is 21.7 Å². The molecule has 0 saturated carbocycles. The number of nitrogens with one attached hydrogen (secondary N) is 1. The fourth-order valence-corrected chi connectivity index (χ4v) is 2.42. The molecule has 0 aliphatic carbocycles. The monoisotopic (exact) mass is 318 g/mol. The molecule has 1 atom stereocenters. The van der Waals surface area contributed by atoms with Gasteiger partial charge in [0.2, 0.25) is 12.3 Å². The number of para-hydroxylation sites is 2. The molecule has 2 heterocycles. The molecule has 1 unspecified atom stereocenters. The number of nitrogens with zero attached hydrogens (tertiary/aromatic N) is 3. The number of halogens is 1. The van der Waals surface area contributed by atoms with E-state index in [9.17, 15) is 4.39 Å². The summed E-state index contributed by atoms with van der Waals surface area (Å²) in [5, 5.41) is 3.17. The highest BCUT2D eigenvalue weighted by Crippen LogP contribution is 2.29. The molecule has 0 radical (unpaired) electrons. The Morgan fingerprint density at radius 3 is 2.87 bits per heavy atom. The molecule has 23 heavy (non-hydrogen) atoms. The minimum absolute atomic E-state index is 0.211. The van der Waals surface area contributed by atoms with Gasteiger partial charge < -0.3 is 19.7 Å². The second-order valence-electron chi connectivity index (χ2n) is 5.04. The third kappa shape index (κ3) is 3.87. The SMILES string of the molecule is CCOc1cnc(Nc2ccccc2N2CCOC(F)C2)nc1. The van der Waals surface area contributed by atoms with E-state index in [1.54, 1.807) is 12.4 Å².